The van der Waals surface area contributed by atoms with E-state index in [1.165, 1.54) is 0 Å². The van der Waals surface area contributed by atoms with Crippen molar-refractivity contribution < 1.29 is 9.13 Å². The van der Waals surface area contributed by atoms with Crippen molar-refractivity contribution in [1.82, 2.24) is 25.1 Å². The summed E-state index contributed by atoms with van der Waals surface area (Å²) in [6.07, 6.45) is 7.75. The summed E-state index contributed by atoms with van der Waals surface area (Å²) in [4.78, 5) is 14.1. The zero-order chi connectivity index (χ0) is 21.2. The number of hydrogen-bond donors (Lipinski definition) is 3. The molecule has 0 unspecified atom stereocenters. The van der Waals surface area contributed by atoms with Gasteiger partial charge in [0.1, 0.15) is 11.6 Å². The number of hydrogen-bond acceptors (Lipinski definition) is 6. The first-order valence-electron chi connectivity index (χ1n) is 10.2. The number of H-pyrrole nitrogens is 2. The monoisotopic (exact) mass is 419 g/mol. The molecule has 0 atom stereocenters. The van der Waals surface area contributed by atoms with Gasteiger partial charge >= 0.3 is 6.01 Å². The van der Waals surface area contributed by atoms with Gasteiger partial charge in [0.2, 0.25) is 0 Å². The summed E-state index contributed by atoms with van der Waals surface area (Å²) in [6.45, 7) is 3.76. The Balaban J connectivity index is 1.48. The van der Waals surface area contributed by atoms with E-state index in [-0.39, 0.29) is 11.8 Å². The van der Waals surface area contributed by atoms with E-state index in [0.29, 0.717) is 22.5 Å². The van der Waals surface area contributed by atoms with Gasteiger partial charge in [-0.3, -0.25) is 5.10 Å². The molecule has 3 N–H and O–H groups in total. The number of halogens is 1. The van der Waals surface area contributed by atoms with Gasteiger partial charge in [-0.2, -0.15) is 15.1 Å². The molecule has 31 heavy (non-hydrogen) atoms. The first-order chi connectivity index (χ1) is 15.2. The van der Waals surface area contributed by atoms with Crippen LogP contribution in [0.5, 0.6) is 11.8 Å². The molecule has 8 nitrogen and oxygen atoms in total. The molecule has 0 spiro atoms. The van der Waals surface area contributed by atoms with Crippen LogP contribution in [-0.2, 0) is 0 Å². The van der Waals surface area contributed by atoms with Crippen LogP contribution in [0.3, 0.4) is 0 Å². The average molecular weight is 419 g/mol. The minimum Gasteiger partial charge on any atom is -0.421 e. The van der Waals surface area contributed by atoms with Crippen molar-refractivity contribution in [1.29, 1.82) is 0 Å². The lowest BCUT2D eigenvalue weighted by molar-refractivity contribution is 0.414. The van der Waals surface area contributed by atoms with Crippen LogP contribution < -0.4 is 15.0 Å². The van der Waals surface area contributed by atoms with Crippen molar-refractivity contribution in [2.75, 3.05) is 23.3 Å². The molecule has 1 saturated heterocycles. The highest BCUT2D eigenvalue weighted by molar-refractivity contribution is 5.81. The molecule has 0 radical (unpaired) electrons. The Morgan fingerprint density at radius 3 is 2.84 bits per heavy atom. The molecule has 3 aromatic heterocycles. The molecule has 0 aliphatic carbocycles. The number of benzene rings is 1. The van der Waals surface area contributed by atoms with Gasteiger partial charge < -0.3 is 19.9 Å². The molecular weight excluding hydrogens is 397 g/mol. The van der Waals surface area contributed by atoms with Crippen molar-refractivity contribution in [3.05, 3.63) is 54.1 Å². The summed E-state index contributed by atoms with van der Waals surface area (Å²) in [6, 6.07) is 8.82. The van der Waals surface area contributed by atoms with Gasteiger partial charge in [0.25, 0.3) is 0 Å². The molecule has 5 rings (SSSR count). The van der Waals surface area contributed by atoms with Crippen LogP contribution in [0.15, 0.2) is 42.6 Å². The summed E-state index contributed by atoms with van der Waals surface area (Å²) in [5, 5.41) is 10.8. The standard InChI is InChI=1S/C22H22FN7O/c1-2-5-14-12-19(29-28-14)25-18-13-20(30-10-3-4-11-30)27-22(26-18)31-17-7-6-16-15(21(17)23)8-9-24-16/h2,5-9,12-13,24H,3-4,10-11H2,1H3,(H2,25,26,27,28,29)/b5-2+. The Kier molecular flexibility index (Phi) is 4.99. The third-order valence-electron chi connectivity index (χ3n) is 5.16. The zero-order valence-electron chi connectivity index (χ0n) is 17.0. The number of allylic oxidation sites excluding steroid dienone is 1. The van der Waals surface area contributed by atoms with E-state index in [1.807, 2.05) is 31.2 Å². The summed E-state index contributed by atoms with van der Waals surface area (Å²) in [5.74, 6) is 1.49. The molecule has 1 aromatic carbocycles. The largest absolute Gasteiger partial charge is 0.421 e. The quantitative estimate of drug-likeness (QED) is 0.408. The van der Waals surface area contributed by atoms with Crippen molar-refractivity contribution in [2.45, 2.75) is 19.8 Å². The van der Waals surface area contributed by atoms with E-state index in [1.54, 1.807) is 24.4 Å². The first kappa shape index (κ1) is 19.1. The van der Waals surface area contributed by atoms with Gasteiger partial charge in [-0.25, -0.2) is 4.39 Å². The molecule has 4 heterocycles. The predicted molar refractivity (Wildman–Crippen MR) is 118 cm³/mol. The van der Waals surface area contributed by atoms with Crippen LogP contribution in [0, 0.1) is 5.82 Å². The van der Waals surface area contributed by atoms with E-state index < -0.39 is 5.82 Å². The normalized spacial score (nSPS) is 14.1. The highest BCUT2D eigenvalue weighted by atomic mass is 19.1. The molecule has 1 fully saturated rings. The van der Waals surface area contributed by atoms with Gasteiger partial charge in [-0.05, 0) is 44.0 Å². The maximum Gasteiger partial charge on any atom is 0.326 e. The van der Waals surface area contributed by atoms with Crippen molar-refractivity contribution in [2.24, 2.45) is 0 Å². The lowest BCUT2D eigenvalue weighted by Crippen LogP contribution is -2.19. The first-order valence-corrected chi connectivity index (χ1v) is 10.2. The number of fused-ring (bicyclic) bond motifs is 1. The van der Waals surface area contributed by atoms with E-state index in [0.717, 1.165) is 37.4 Å². The second-order valence-corrected chi connectivity index (χ2v) is 7.34. The molecule has 1 aliphatic rings. The second-order valence-electron chi connectivity index (χ2n) is 7.34. The Morgan fingerprint density at radius 2 is 2.00 bits per heavy atom. The average Bonchev–Trinajstić information content (AvgIpc) is 3.52. The molecule has 9 heteroatoms. The molecule has 0 amide bonds. The van der Waals surface area contributed by atoms with E-state index in [2.05, 4.69) is 35.4 Å². The van der Waals surface area contributed by atoms with Crippen LogP contribution in [0.4, 0.5) is 21.8 Å². The molecule has 0 bridgehead atoms. The van der Waals surface area contributed by atoms with E-state index in [4.69, 9.17) is 4.74 Å². The lowest BCUT2D eigenvalue weighted by atomic mass is 10.2. The maximum absolute atomic E-state index is 14.9. The number of rotatable bonds is 6. The summed E-state index contributed by atoms with van der Waals surface area (Å²) in [7, 11) is 0. The lowest BCUT2D eigenvalue weighted by Gasteiger charge is -2.18. The van der Waals surface area contributed by atoms with Gasteiger partial charge in [0.05, 0.1) is 5.69 Å². The Hall–Kier alpha value is -3.88. The van der Waals surface area contributed by atoms with Gasteiger partial charge in [-0.15, -0.1) is 0 Å². The van der Waals surface area contributed by atoms with Gasteiger partial charge in [0, 0.05) is 42.3 Å². The molecular formula is C22H22FN7O. The van der Waals surface area contributed by atoms with Crippen LogP contribution in [0.1, 0.15) is 25.5 Å². The predicted octanol–water partition coefficient (Wildman–Crippen LogP) is 4.99. The number of ether oxygens (including phenoxy) is 1. The number of nitrogens with zero attached hydrogens (tertiary/aromatic N) is 4. The fraction of sp³-hybridized carbons (Fsp3) is 0.227. The molecule has 4 aromatic rings. The third-order valence-corrected chi connectivity index (χ3v) is 5.16. The van der Waals surface area contributed by atoms with Crippen molar-refractivity contribution in [3.8, 4) is 11.8 Å². The Bertz CT molecular complexity index is 1240. The zero-order valence-corrected chi connectivity index (χ0v) is 17.0. The fourth-order valence-corrected chi connectivity index (χ4v) is 3.68. The number of nitrogens with one attached hydrogen (secondary N) is 3. The van der Waals surface area contributed by atoms with Gasteiger partial charge in [0.15, 0.2) is 17.4 Å². The van der Waals surface area contributed by atoms with Gasteiger partial charge in [-0.1, -0.05) is 6.08 Å². The number of anilines is 3. The smallest absolute Gasteiger partial charge is 0.326 e. The van der Waals surface area contributed by atoms with Crippen LogP contribution in [-0.4, -0.2) is 38.2 Å². The number of aromatic nitrogens is 5. The second kappa shape index (κ2) is 8.10. The van der Waals surface area contributed by atoms with Crippen LogP contribution in [0.25, 0.3) is 17.0 Å². The summed E-state index contributed by atoms with van der Waals surface area (Å²) in [5.41, 5.74) is 1.58. The summed E-state index contributed by atoms with van der Waals surface area (Å²) < 4.78 is 20.7. The van der Waals surface area contributed by atoms with Crippen LogP contribution >= 0.6 is 0 Å². The maximum atomic E-state index is 14.9. The van der Waals surface area contributed by atoms with Crippen molar-refractivity contribution >= 4 is 34.4 Å². The highest BCUT2D eigenvalue weighted by Crippen LogP contribution is 2.31. The SMILES string of the molecule is C/C=C/c1cc(Nc2cc(N3CCCC3)nc(Oc3ccc4[nH]ccc4c3F)n2)n[nH]1. The minimum atomic E-state index is -0.452. The molecule has 158 valence electrons. The topological polar surface area (TPSA) is 94.8 Å². The Labute approximate surface area is 178 Å². The van der Waals surface area contributed by atoms with E-state index in [9.17, 15) is 4.39 Å². The molecule has 1 aliphatic heterocycles. The fourth-order valence-electron chi connectivity index (χ4n) is 3.68. The summed E-state index contributed by atoms with van der Waals surface area (Å²) >= 11 is 0. The highest BCUT2D eigenvalue weighted by Gasteiger charge is 2.18. The Morgan fingerprint density at radius 1 is 1.13 bits per heavy atom. The third kappa shape index (κ3) is 3.94. The minimum absolute atomic E-state index is 0.0740. The molecule has 0 saturated carbocycles. The van der Waals surface area contributed by atoms with Crippen molar-refractivity contribution in [3.63, 3.8) is 0 Å². The van der Waals surface area contributed by atoms with E-state index >= 15 is 0 Å². The number of aromatic amines is 2. The van der Waals surface area contributed by atoms with Crippen LogP contribution in [0.2, 0.25) is 0 Å².